The zero-order valence-electron chi connectivity index (χ0n) is 13.4. The molecule has 0 unspecified atom stereocenters. The highest BCUT2D eigenvalue weighted by Gasteiger charge is 2.41. The van der Waals surface area contributed by atoms with Crippen molar-refractivity contribution in [1.29, 1.82) is 0 Å². The zero-order chi connectivity index (χ0) is 16.1. The summed E-state index contributed by atoms with van der Waals surface area (Å²) in [5.41, 5.74) is 0.827. The van der Waals surface area contributed by atoms with Gasteiger partial charge in [-0.25, -0.2) is 0 Å². The number of hydrogen-bond donors (Lipinski definition) is 0. The van der Waals surface area contributed by atoms with E-state index < -0.39 is 0 Å². The fourth-order valence-electron chi connectivity index (χ4n) is 3.47. The first-order valence-electron chi connectivity index (χ1n) is 8.31. The summed E-state index contributed by atoms with van der Waals surface area (Å²) in [6, 6.07) is 5.89. The van der Waals surface area contributed by atoms with E-state index in [-0.39, 0.29) is 24.2 Å². The van der Waals surface area contributed by atoms with Gasteiger partial charge in [-0.05, 0) is 31.4 Å². The summed E-state index contributed by atoms with van der Waals surface area (Å²) in [5, 5.41) is 0. The zero-order valence-corrected chi connectivity index (χ0v) is 13.4. The van der Waals surface area contributed by atoms with Gasteiger partial charge in [0.1, 0.15) is 0 Å². The molecule has 23 heavy (non-hydrogen) atoms. The lowest BCUT2D eigenvalue weighted by molar-refractivity contribution is -0.138. The van der Waals surface area contributed by atoms with Crippen molar-refractivity contribution >= 4 is 5.91 Å². The van der Waals surface area contributed by atoms with E-state index >= 15 is 0 Å². The van der Waals surface area contributed by atoms with Crippen molar-refractivity contribution in [2.24, 2.45) is 0 Å². The van der Waals surface area contributed by atoms with E-state index in [1.54, 1.807) is 12.3 Å². The second kappa shape index (κ2) is 7.70. The molecule has 5 nitrogen and oxygen atoms in total. The van der Waals surface area contributed by atoms with Gasteiger partial charge in [-0.2, -0.15) is 0 Å². The number of aromatic nitrogens is 1. The van der Waals surface area contributed by atoms with Crippen LogP contribution >= 0.6 is 0 Å². The standard InChI is InChI=1S/C18H24N2O3/c1-2-11-22-13-15-6-7-16-17(23-15)8-10-20(16)18(21)12-14-5-3-4-9-19-14/h2-5,9,15-17H,1,6-8,10-13H2/t15-,16-,17-/m0/s1. The van der Waals surface area contributed by atoms with Gasteiger partial charge >= 0.3 is 0 Å². The predicted octanol–water partition coefficient (Wildman–Crippen LogP) is 1.98. The van der Waals surface area contributed by atoms with E-state index in [0.717, 1.165) is 31.5 Å². The monoisotopic (exact) mass is 316 g/mol. The second-order valence-electron chi connectivity index (χ2n) is 6.14. The lowest BCUT2D eigenvalue weighted by Gasteiger charge is -2.35. The summed E-state index contributed by atoms with van der Waals surface area (Å²) in [6.07, 6.45) is 6.97. The largest absolute Gasteiger partial charge is 0.375 e. The lowest BCUT2D eigenvalue weighted by Crippen LogP contribution is -2.46. The number of ether oxygens (including phenoxy) is 2. The number of amides is 1. The number of carbonyl (C=O) groups is 1. The fourth-order valence-corrected chi connectivity index (χ4v) is 3.47. The van der Waals surface area contributed by atoms with Gasteiger partial charge in [-0.3, -0.25) is 9.78 Å². The van der Waals surface area contributed by atoms with Crippen molar-refractivity contribution in [2.45, 2.75) is 43.9 Å². The summed E-state index contributed by atoms with van der Waals surface area (Å²) in [6.45, 7) is 5.59. The highest BCUT2D eigenvalue weighted by atomic mass is 16.5. The molecule has 0 radical (unpaired) electrons. The molecule has 124 valence electrons. The van der Waals surface area contributed by atoms with Crippen LogP contribution in [0.5, 0.6) is 0 Å². The van der Waals surface area contributed by atoms with Gasteiger partial charge in [0.25, 0.3) is 0 Å². The topological polar surface area (TPSA) is 51.7 Å². The first-order chi connectivity index (χ1) is 11.3. The second-order valence-corrected chi connectivity index (χ2v) is 6.14. The SMILES string of the molecule is C=CCOC[C@@H]1CC[C@H]2[C@H](CCN2C(=O)Cc2ccccn2)O1. The van der Waals surface area contributed by atoms with Crippen molar-refractivity contribution in [3.8, 4) is 0 Å². The highest BCUT2D eigenvalue weighted by molar-refractivity contribution is 5.79. The molecule has 3 rings (SSSR count). The Labute approximate surface area is 137 Å². The molecular weight excluding hydrogens is 292 g/mol. The van der Waals surface area contributed by atoms with E-state index in [2.05, 4.69) is 11.6 Å². The summed E-state index contributed by atoms with van der Waals surface area (Å²) in [7, 11) is 0. The average Bonchev–Trinajstić information content (AvgIpc) is 2.99. The van der Waals surface area contributed by atoms with Crippen molar-refractivity contribution < 1.29 is 14.3 Å². The van der Waals surface area contributed by atoms with Crippen molar-refractivity contribution in [2.75, 3.05) is 19.8 Å². The van der Waals surface area contributed by atoms with Crippen LogP contribution in [0.15, 0.2) is 37.1 Å². The van der Waals surface area contributed by atoms with E-state index in [1.165, 1.54) is 0 Å². The molecule has 1 aromatic rings. The van der Waals surface area contributed by atoms with Crippen LogP contribution in [0.3, 0.4) is 0 Å². The molecule has 1 amide bonds. The Bertz CT molecular complexity index is 534. The molecule has 0 spiro atoms. The van der Waals surface area contributed by atoms with Gasteiger partial charge in [0.05, 0.1) is 37.9 Å². The van der Waals surface area contributed by atoms with E-state index in [0.29, 0.717) is 19.6 Å². The molecule has 0 bridgehead atoms. The number of nitrogens with zero attached hydrogens (tertiary/aromatic N) is 2. The fraction of sp³-hybridized carbons (Fsp3) is 0.556. The van der Waals surface area contributed by atoms with Crippen LogP contribution < -0.4 is 0 Å². The van der Waals surface area contributed by atoms with Crippen molar-refractivity contribution in [3.63, 3.8) is 0 Å². The quantitative estimate of drug-likeness (QED) is 0.595. The maximum Gasteiger partial charge on any atom is 0.228 e. The Morgan fingerprint density at radius 3 is 3.13 bits per heavy atom. The van der Waals surface area contributed by atoms with Crippen molar-refractivity contribution in [1.82, 2.24) is 9.88 Å². The summed E-state index contributed by atoms with van der Waals surface area (Å²) < 4.78 is 11.6. The molecule has 2 fully saturated rings. The molecule has 2 aliphatic heterocycles. The van der Waals surface area contributed by atoms with Gasteiger partial charge in [0, 0.05) is 18.4 Å². The van der Waals surface area contributed by atoms with Gasteiger partial charge in [0.15, 0.2) is 0 Å². The normalized spacial score (nSPS) is 26.8. The Morgan fingerprint density at radius 1 is 1.43 bits per heavy atom. The third-order valence-corrected chi connectivity index (χ3v) is 4.55. The van der Waals surface area contributed by atoms with Crippen LogP contribution in [0, 0.1) is 0 Å². The number of hydrogen-bond acceptors (Lipinski definition) is 4. The molecular formula is C18H24N2O3. The predicted molar refractivity (Wildman–Crippen MR) is 87.0 cm³/mol. The first kappa shape index (κ1) is 16.1. The van der Waals surface area contributed by atoms with E-state index in [9.17, 15) is 4.79 Å². The number of fused-ring (bicyclic) bond motifs is 1. The van der Waals surface area contributed by atoms with E-state index in [4.69, 9.17) is 9.47 Å². The minimum absolute atomic E-state index is 0.141. The third-order valence-electron chi connectivity index (χ3n) is 4.55. The molecule has 2 saturated heterocycles. The van der Waals surface area contributed by atoms with Crippen LogP contribution in [0.1, 0.15) is 25.0 Å². The Balaban J connectivity index is 1.52. The Hall–Kier alpha value is -1.72. The molecule has 0 N–H and O–H groups in total. The highest BCUT2D eigenvalue weighted by Crippen LogP contribution is 2.31. The minimum atomic E-state index is 0.141. The average molecular weight is 316 g/mol. The molecule has 1 aromatic heterocycles. The van der Waals surface area contributed by atoms with Gasteiger partial charge < -0.3 is 14.4 Å². The summed E-state index contributed by atoms with van der Waals surface area (Å²) >= 11 is 0. The van der Waals surface area contributed by atoms with Gasteiger partial charge in [-0.1, -0.05) is 12.1 Å². The van der Waals surface area contributed by atoms with Crippen LogP contribution in [0.2, 0.25) is 0 Å². The summed E-state index contributed by atoms with van der Waals surface area (Å²) in [4.78, 5) is 18.8. The molecule has 3 heterocycles. The molecule has 0 aliphatic carbocycles. The number of carbonyl (C=O) groups excluding carboxylic acids is 1. The van der Waals surface area contributed by atoms with Crippen LogP contribution in [-0.4, -0.2) is 53.8 Å². The number of pyridine rings is 1. The maximum absolute atomic E-state index is 12.6. The minimum Gasteiger partial charge on any atom is -0.375 e. The van der Waals surface area contributed by atoms with Crippen LogP contribution in [0.25, 0.3) is 0 Å². The Kier molecular flexibility index (Phi) is 5.41. The summed E-state index contributed by atoms with van der Waals surface area (Å²) in [5.74, 6) is 0.154. The molecule has 3 atom stereocenters. The molecule has 2 aliphatic rings. The van der Waals surface area contributed by atoms with Crippen LogP contribution in [0.4, 0.5) is 0 Å². The van der Waals surface area contributed by atoms with Gasteiger partial charge in [0.2, 0.25) is 5.91 Å². The smallest absolute Gasteiger partial charge is 0.228 e. The Morgan fingerprint density at radius 2 is 2.35 bits per heavy atom. The van der Waals surface area contributed by atoms with E-state index in [1.807, 2.05) is 23.1 Å². The molecule has 0 aromatic carbocycles. The lowest BCUT2D eigenvalue weighted by atomic mass is 9.99. The molecule has 0 saturated carbocycles. The molecule has 5 heteroatoms. The number of likely N-dealkylation sites (tertiary alicyclic amines) is 1. The maximum atomic E-state index is 12.6. The van der Waals surface area contributed by atoms with Crippen molar-refractivity contribution in [3.05, 3.63) is 42.7 Å². The third kappa shape index (κ3) is 3.98. The van der Waals surface area contributed by atoms with Gasteiger partial charge in [-0.15, -0.1) is 6.58 Å². The van der Waals surface area contributed by atoms with Crippen LogP contribution in [-0.2, 0) is 20.7 Å². The number of rotatable bonds is 6. The first-order valence-corrected chi connectivity index (χ1v) is 8.31.